The van der Waals surface area contributed by atoms with Crippen molar-refractivity contribution in [1.29, 1.82) is 0 Å². The van der Waals surface area contributed by atoms with E-state index in [0.717, 1.165) is 4.70 Å². The highest BCUT2D eigenvalue weighted by Gasteiger charge is 2.12. The third-order valence-corrected chi connectivity index (χ3v) is 3.80. The number of benzene rings is 1. The van der Waals surface area contributed by atoms with E-state index >= 15 is 0 Å². The normalized spacial score (nSPS) is 12.3. The maximum atomic E-state index is 11.9. The number of aromatic nitrogens is 1. The van der Waals surface area contributed by atoms with Gasteiger partial charge in [-0.3, -0.25) is 4.79 Å². The second kappa shape index (κ2) is 6.64. The van der Waals surface area contributed by atoms with Crippen LogP contribution in [0.2, 0.25) is 0 Å². The van der Waals surface area contributed by atoms with E-state index in [1.54, 1.807) is 19.2 Å². The van der Waals surface area contributed by atoms with Crippen LogP contribution in [-0.4, -0.2) is 35.7 Å². The van der Waals surface area contributed by atoms with E-state index in [1.807, 2.05) is 6.92 Å². The monoisotopic (exact) mass is 308 g/mol. The third-order valence-electron chi connectivity index (χ3n) is 2.87. The number of methoxy groups -OCH3 is 1. The van der Waals surface area contributed by atoms with Crippen molar-refractivity contribution in [2.45, 2.75) is 13.3 Å². The van der Waals surface area contributed by atoms with Crippen molar-refractivity contribution in [3.63, 3.8) is 0 Å². The lowest BCUT2D eigenvalue weighted by Crippen LogP contribution is -2.17. The summed E-state index contributed by atoms with van der Waals surface area (Å²) in [6, 6.07) is 4.69. The minimum Gasteiger partial charge on any atom is -0.478 e. The van der Waals surface area contributed by atoms with Gasteiger partial charge in [-0.25, -0.2) is 9.78 Å². The van der Waals surface area contributed by atoms with Gasteiger partial charge in [-0.15, -0.1) is 0 Å². The number of rotatable bonds is 6. The molecule has 2 rings (SSSR count). The fourth-order valence-corrected chi connectivity index (χ4v) is 2.86. The molecule has 1 aromatic carbocycles. The Labute approximate surface area is 125 Å². The first-order valence-electron chi connectivity index (χ1n) is 6.42. The van der Waals surface area contributed by atoms with Crippen LogP contribution in [0.3, 0.4) is 0 Å². The molecule has 0 aliphatic heterocycles. The summed E-state index contributed by atoms with van der Waals surface area (Å²) in [5.74, 6) is -0.982. The van der Waals surface area contributed by atoms with Gasteiger partial charge in [-0.1, -0.05) is 18.3 Å². The molecule has 0 radical (unpaired) electrons. The van der Waals surface area contributed by atoms with Gasteiger partial charge < -0.3 is 15.2 Å². The molecule has 0 saturated heterocycles. The number of ether oxygens (including phenoxy) is 1. The fourth-order valence-electron chi connectivity index (χ4n) is 1.94. The summed E-state index contributed by atoms with van der Waals surface area (Å²) in [6.45, 7) is 2.45. The molecular weight excluding hydrogens is 292 g/mol. The van der Waals surface area contributed by atoms with Crippen molar-refractivity contribution in [1.82, 2.24) is 4.98 Å². The van der Waals surface area contributed by atoms with Gasteiger partial charge in [-0.05, 0) is 24.1 Å². The van der Waals surface area contributed by atoms with Gasteiger partial charge in [0.15, 0.2) is 5.13 Å². The maximum Gasteiger partial charge on any atom is 0.335 e. The van der Waals surface area contributed by atoms with Crippen molar-refractivity contribution >= 4 is 38.6 Å². The molecule has 2 aromatic rings. The topological polar surface area (TPSA) is 88.5 Å². The van der Waals surface area contributed by atoms with Crippen LogP contribution in [-0.2, 0) is 9.53 Å². The van der Waals surface area contributed by atoms with Crippen LogP contribution < -0.4 is 5.32 Å². The fraction of sp³-hybridized carbons (Fsp3) is 0.357. The van der Waals surface area contributed by atoms with E-state index in [4.69, 9.17) is 9.84 Å². The molecule has 0 saturated carbocycles. The third kappa shape index (κ3) is 3.99. The standard InChI is InChI=1S/C14H16N2O4S/c1-8(7-20-2)5-12(17)16-14-15-10-4-3-9(13(18)19)6-11(10)21-14/h3-4,6,8H,5,7H2,1-2H3,(H,18,19)(H,15,16,17). The summed E-state index contributed by atoms with van der Waals surface area (Å²) in [7, 11) is 1.60. The average Bonchev–Trinajstić information content (AvgIpc) is 2.79. The van der Waals surface area contributed by atoms with Crippen LogP contribution in [0.4, 0.5) is 5.13 Å². The highest BCUT2D eigenvalue weighted by Crippen LogP contribution is 2.27. The van der Waals surface area contributed by atoms with Crippen LogP contribution in [0.15, 0.2) is 18.2 Å². The van der Waals surface area contributed by atoms with Crippen LogP contribution in [0.1, 0.15) is 23.7 Å². The molecule has 0 aliphatic rings. The van der Waals surface area contributed by atoms with E-state index in [2.05, 4.69) is 10.3 Å². The molecule has 7 heteroatoms. The summed E-state index contributed by atoms with van der Waals surface area (Å²) in [6.07, 6.45) is 0.351. The number of aromatic carboxylic acids is 1. The average molecular weight is 308 g/mol. The van der Waals surface area contributed by atoms with Crippen LogP contribution in [0.25, 0.3) is 10.2 Å². The lowest BCUT2D eigenvalue weighted by molar-refractivity contribution is -0.117. The zero-order valence-electron chi connectivity index (χ0n) is 11.8. The van der Waals surface area contributed by atoms with Crippen molar-refractivity contribution in [2.24, 2.45) is 5.92 Å². The number of nitrogens with zero attached hydrogens (tertiary/aromatic N) is 1. The Balaban J connectivity index is 2.09. The molecule has 1 unspecified atom stereocenters. The molecular formula is C14H16N2O4S. The highest BCUT2D eigenvalue weighted by atomic mass is 32.1. The van der Waals surface area contributed by atoms with E-state index in [-0.39, 0.29) is 17.4 Å². The first kappa shape index (κ1) is 15.4. The van der Waals surface area contributed by atoms with Gasteiger partial charge in [0.05, 0.1) is 15.8 Å². The van der Waals surface area contributed by atoms with Gasteiger partial charge in [-0.2, -0.15) is 0 Å². The molecule has 112 valence electrons. The Hall–Kier alpha value is -1.99. The largest absolute Gasteiger partial charge is 0.478 e. The summed E-state index contributed by atoms with van der Waals surface area (Å²) in [5, 5.41) is 12.2. The number of fused-ring (bicyclic) bond motifs is 1. The Morgan fingerprint density at radius 1 is 1.48 bits per heavy atom. The Kier molecular flexibility index (Phi) is 4.87. The van der Waals surface area contributed by atoms with Gasteiger partial charge >= 0.3 is 5.97 Å². The predicted octanol–water partition coefficient (Wildman–Crippen LogP) is 2.61. The lowest BCUT2D eigenvalue weighted by atomic mass is 10.1. The quantitative estimate of drug-likeness (QED) is 0.856. The van der Waals surface area contributed by atoms with Crippen molar-refractivity contribution in [3.05, 3.63) is 23.8 Å². The molecule has 1 atom stereocenters. The van der Waals surface area contributed by atoms with Crippen LogP contribution in [0.5, 0.6) is 0 Å². The van der Waals surface area contributed by atoms with E-state index < -0.39 is 5.97 Å². The molecule has 2 N–H and O–H groups in total. The van der Waals surface area contributed by atoms with Gasteiger partial charge in [0, 0.05) is 20.1 Å². The minimum absolute atomic E-state index is 0.128. The predicted molar refractivity (Wildman–Crippen MR) is 80.9 cm³/mol. The Bertz CT molecular complexity index is 668. The molecule has 0 bridgehead atoms. The van der Waals surface area contributed by atoms with Crippen LogP contribution >= 0.6 is 11.3 Å². The number of carboxylic acids is 1. The molecule has 1 amide bonds. The number of amides is 1. The summed E-state index contributed by atoms with van der Waals surface area (Å²) in [4.78, 5) is 27.0. The Morgan fingerprint density at radius 2 is 2.24 bits per heavy atom. The zero-order chi connectivity index (χ0) is 15.4. The second-order valence-corrected chi connectivity index (χ2v) is 5.85. The summed E-state index contributed by atoms with van der Waals surface area (Å²) < 4.78 is 5.72. The minimum atomic E-state index is -0.982. The number of hydrogen-bond donors (Lipinski definition) is 2. The number of thiazole rings is 1. The molecule has 1 heterocycles. The van der Waals surface area contributed by atoms with Crippen molar-refractivity contribution in [3.8, 4) is 0 Å². The number of nitrogens with one attached hydrogen (secondary N) is 1. The highest BCUT2D eigenvalue weighted by molar-refractivity contribution is 7.22. The summed E-state index contributed by atoms with van der Waals surface area (Å²) >= 11 is 1.26. The number of carbonyl (C=O) groups is 2. The second-order valence-electron chi connectivity index (χ2n) is 4.82. The SMILES string of the molecule is COCC(C)CC(=O)Nc1nc2ccc(C(=O)O)cc2s1. The Morgan fingerprint density at radius 3 is 2.90 bits per heavy atom. The number of anilines is 1. The lowest BCUT2D eigenvalue weighted by Gasteiger charge is -2.08. The number of carboxylic acid groups (broad SMARTS) is 1. The molecule has 0 spiro atoms. The van der Waals surface area contributed by atoms with E-state index in [9.17, 15) is 9.59 Å². The molecule has 21 heavy (non-hydrogen) atoms. The summed E-state index contributed by atoms with van der Waals surface area (Å²) in [5.41, 5.74) is 0.878. The van der Waals surface area contributed by atoms with Gasteiger partial charge in [0.25, 0.3) is 0 Å². The molecule has 0 aliphatic carbocycles. The van der Waals surface area contributed by atoms with Crippen molar-refractivity contribution < 1.29 is 19.4 Å². The smallest absolute Gasteiger partial charge is 0.335 e. The first-order valence-corrected chi connectivity index (χ1v) is 7.24. The van der Waals surface area contributed by atoms with Gasteiger partial charge in [0.1, 0.15) is 0 Å². The van der Waals surface area contributed by atoms with E-state index in [0.29, 0.717) is 23.7 Å². The van der Waals surface area contributed by atoms with Crippen molar-refractivity contribution in [2.75, 3.05) is 19.0 Å². The molecule has 1 aromatic heterocycles. The first-order chi connectivity index (χ1) is 9.99. The van der Waals surface area contributed by atoms with E-state index in [1.165, 1.54) is 17.4 Å². The molecule has 0 fully saturated rings. The zero-order valence-corrected chi connectivity index (χ0v) is 12.6. The number of carbonyl (C=O) groups excluding carboxylic acids is 1. The van der Waals surface area contributed by atoms with Gasteiger partial charge in [0.2, 0.25) is 5.91 Å². The molecule has 6 nitrogen and oxygen atoms in total. The maximum absolute atomic E-state index is 11.9. The van der Waals surface area contributed by atoms with Crippen LogP contribution in [0, 0.1) is 5.92 Å². The number of hydrogen-bond acceptors (Lipinski definition) is 5.